The molecule has 0 unspecified atom stereocenters. The Hall–Kier alpha value is -1.17. The molecule has 1 aromatic rings. The standard InChI is InChI=1S/C16H25N3O2S/c1-16(2,3)13-12-14(17-11(20)9-22-13)19(18-15(12)21)10-7-5-4-6-8-10/h10,13H,4-9H2,1-3H3,(H,17,20)(H,18,21)/t13-/m0/s1. The van der Waals surface area contributed by atoms with E-state index in [9.17, 15) is 9.59 Å². The molecule has 0 aromatic carbocycles. The number of aromatic amines is 1. The van der Waals surface area contributed by atoms with Crippen LogP contribution in [0.2, 0.25) is 0 Å². The minimum absolute atomic E-state index is 0.0124. The first-order valence-electron chi connectivity index (χ1n) is 8.14. The molecule has 1 amide bonds. The Morgan fingerprint density at radius 2 is 1.82 bits per heavy atom. The number of fused-ring (bicyclic) bond motifs is 1. The van der Waals surface area contributed by atoms with Crippen LogP contribution in [0.15, 0.2) is 4.79 Å². The van der Waals surface area contributed by atoms with Crippen molar-refractivity contribution in [1.82, 2.24) is 9.78 Å². The summed E-state index contributed by atoms with van der Waals surface area (Å²) in [6.07, 6.45) is 5.77. The minimum atomic E-state index is -0.0720. The zero-order chi connectivity index (χ0) is 15.9. The quantitative estimate of drug-likeness (QED) is 0.832. The smallest absolute Gasteiger partial charge is 0.270 e. The van der Waals surface area contributed by atoms with E-state index < -0.39 is 0 Å². The summed E-state index contributed by atoms with van der Waals surface area (Å²) in [6, 6.07) is 0.300. The Bertz CT molecular complexity index is 620. The van der Waals surface area contributed by atoms with E-state index in [0.717, 1.165) is 18.4 Å². The van der Waals surface area contributed by atoms with Gasteiger partial charge in [0, 0.05) is 5.25 Å². The van der Waals surface area contributed by atoms with E-state index in [1.54, 1.807) is 11.8 Å². The summed E-state index contributed by atoms with van der Waals surface area (Å²) in [6.45, 7) is 6.38. The number of aromatic nitrogens is 2. The highest BCUT2D eigenvalue weighted by molar-refractivity contribution is 8.00. The maximum Gasteiger partial charge on any atom is 0.270 e. The van der Waals surface area contributed by atoms with Gasteiger partial charge >= 0.3 is 0 Å². The maximum absolute atomic E-state index is 12.6. The summed E-state index contributed by atoms with van der Waals surface area (Å²) in [4.78, 5) is 24.7. The number of amides is 1. The summed E-state index contributed by atoms with van der Waals surface area (Å²) in [5.74, 6) is 1.11. The van der Waals surface area contributed by atoms with Crippen LogP contribution >= 0.6 is 11.8 Å². The second-order valence-corrected chi connectivity index (χ2v) is 8.56. The average Bonchev–Trinajstić information content (AvgIpc) is 2.66. The molecule has 6 heteroatoms. The predicted octanol–water partition coefficient (Wildman–Crippen LogP) is 3.45. The van der Waals surface area contributed by atoms with E-state index in [4.69, 9.17) is 0 Å². The molecule has 3 rings (SSSR count). The molecule has 0 bridgehead atoms. The van der Waals surface area contributed by atoms with Crippen molar-refractivity contribution in [3.63, 3.8) is 0 Å². The van der Waals surface area contributed by atoms with E-state index in [1.165, 1.54) is 19.3 Å². The molecule has 2 heterocycles. The Morgan fingerprint density at radius 3 is 2.45 bits per heavy atom. The van der Waals surface area contributed by atoms with Crippen molar-refractivity contribution in [3.8, 4) is 0 Å². The van der Waals surface area contributed by atoms with Crippen molar-refractivity contribution in [1.29, 1.82) is 0 Å². The van der Waals surface area contributed by atoms with Gasteiger partial charge in [-0.25, -0.2) is 0 Å². The first kappa shape index (κ1) is 15.7. The molecule has 0 radical (unpaired) electrons. The van der Waals surface area contributed by atoms with Gasteiger partial charge in [-0.2, -0.15) is 0 Å². The Kier molecular flexibility index (Phi) is 4.14. The van der Waals surface area contributed by atoms with Gasteiger partial charge in [-0.05, 0) is 18.3 Å². The minimum Gasteiger partial charge on any atom is -0.310 e. The molecule has 1 aliphatic carbocycles. The number of hydrogen-bond donors (Lipinski definition) is 2. The van der Waals surface area contributed by atoms with Crippen molar-refractivity contribution >= 4 is 23.5 Å². The van der Waals surface area contributed by atoms with Gasteiger partial charge < -0.3 is 5.32 Å². The number of carbonyl (C=O) groups excluding carboxylic acids is 1. The second kappa shape index (κ2) is 5.80. The molecular weight excluding hydrogens is 298 g/mol. The fourth-order valence-corrected chi connectivity index (χ4v) is 4.82. The summed E-state index contributed by atoms with van der Waals surface area (Å²) in [7, 11) is 0. The fourth-order valence-electron chi connectivity index (χ4n) is 3.54. The molecule has 2 N–H and O–H groups in total. The number of H-pyrrole nitrogens is 1. The van der Waals surface area contributed by atoms with Crippen molar-refractivity contribution < 1.29 is 4.79 Å². The zero-order valence-corrected chi connectivity index (χ0v) is 14.4. The molecule has 1 saturated carbocycles. The third-order valence-electron chi connectivity index (χ3n) is 4.59. The summed E-state index contributed by atoms with van der Waals surface area (Å²) < 4.78 is 1.94. The van der Waals surface area contributed by atoms with Crippen LogP contribution in [0.3, 0.4) is 0 Å². The lowest BCUT2D eigenvalue weighted by Crippen LogP contribution is -2.21. The van der Waals surface area contributed by atoms with Crippen LogP contribution in [0.5, 0.6) is 0 Å². The van der Waals surface area contributed by atoms with E-state index in [-0.39, 0.29) is 22.1 Å². The third kappa shape index (κ3) is 2.85. The van der Waals surface area contributed by atoms with Gasteiger partial charge in [0.2, 0.25) is 5.91 Å². The lowest BCUT2D eigenvalue weighted by molar-refractivity contribution is -0.113. The molecule has 0 saturated heterocycles. The fraction of sp³-hybridized carbons (Fsp3) is 0.750. The van der Waals surface area contributed by atoms with Crippen LogP contribution in [-0.2, 0) is 4.79 Å². The van der Waals surface area contributed by atoms with Crippen molar-refractivity contribution in [2.24, 2.45) is 5.41 Å². The second-order valence-electron chi connectivity index (χ2n) is 7.47. The largest absolute Gasteiger partial charge is 0.310 e. The van der Waals surface area contributed by atoms with Crippen molar-refractivity contribution in [2.75, 3.05) is 11.1 Å². The van der Waals surface area contributed by atoms with E-state index in [1.807, 2.05) is 4.68 Å². The van der Waals surface area contributed by atoms with Crippen molar-refractivity contribution in [3.05, 3.63) is 15.9 Å². The number of carbonyl (C=O) groups is 1. The van der Waals surface area contributed by atoms with Gasteiger partial charge in [0.25, 0.3) is 5.56 Å². The predicted molar refractivity (Wildman–Crippen MR) is 90.5 cm³/mol. The Balaban J connectivity index is 2.09. The number of thioether (sulfide) groups is 1. The molecule has 2 aliphatic rings. The normalized spacial score (nSPS) is 23.8. The number of anilines is 1. The highest BCUT2D eigenvalue weighted by atomic mass is 32.2. The first-order valence-corrected chi connectivity index (χ1v) is 9.18. The number of nitrogens with one attached hydrogen (secondary N) is 2. The summed E-state index contributed by atoms with van der Waals surface area (Å²) >= 11 is 1.57. The van der Waals surface area contributed by atoms with Gasteiger partial charge in [-0.3, -0.25) is 19.4 Å². The topological polar surface area (TPSA) is 66.9 Å². The van der Waals surface area contributed by atoms with Gasteiger partial charge in [-0.1, -0.05) is 40.0 Å². The maximum atomic E-state index is 12.6. The van der Waals surface area contributed by atoms with Crippen LogP contribution in [0.25, 0.3) is 0 Å². The SMILES string of the molecule is CC(C)(C)[C@H]1SCC(=O)Nc2c1c(=O)[nH]n2C1CCCCC1. The van der Waals surface area contributed by atoms with E-state index in [0.29, 0.717) is 17.6 Å². The lowest BCUT2D eigenvalue weighted by Gasteiger charge is -2.28. The van der Waals surface area contributed by atoms with E-state index in [2.05, 4.69) is 31.2 Å². The van der Waals surface area contributed by atoms with Gasteiger partial charge in [-0.15, -0.1) is 11.8 Å². The van der Waals surface area contributed by atoms with Crippen LogP contribution in [0.4, 0.5) is 5.82 Å². The number of nitrogens with zero attached hydrogens (tertiary/aromatic N) is 1. The molecule has 22 heavy (non-hydrogen) atoms. The number of hydrogen-bond acceptors (Lipinski definition) is 3. The van der Waals surface area contributed by atoms with Gasteiger partial charge in [0.15, 0.2) is 0 Å². The highest BCUT2D eigenvalue weighted by Crippen LogP contribution is 2.47. The Labute approximate surface area is 135 Å². The molecule has 1 aromatic heterocycles. The molecule has 1 atom stereocenters. The van der Waals surface area contributed by atoms with Gasteiger partial charge in [0.1, 0.15) is 5.82 Å². The third-order valence-corrected chi connectivity index (χ3v) is 6.30. The summed E-state index contributed by atoms with van der Waals surface area (Å²) in [5.41, 5.74) is 0.626. The molecule has 122 valence electrons. The van der Waals surface area contributed by atoms with Crippen LogP contribution in [-0.4, -0.2) is 21.4 Å². The number of rotatable bonds is 1. The monoisotopic (exact) mass is 323 g/mol. The molecule has 1 fully saturated rings. The van der Waals surface area contributed by atoms with E-state index >= 15 is 0 Å². The molecule has 5 nitrogen and oxygen atoms in total. The molecule has 1 aliphatic heterocycles. The summed E-state index contributed by atoms with van der Waals surface area (Å²) in [5, 5.41) is 6.01. The lowest BCUT2D eigenvalue weighted by atomic mass is 9.88. The van der Waals surface area contributed by atoms with Crippen LogP contribution < -0.4 is 10.9 Å². The zero-order valence-electron chi connectivity index (χ0n) is 13.6. The highest BCUT2D eigenvalue weighted by Gasteiger charge is 2.37. The van der Waals surface area contributed by atoms with Crippen LogP contribution in [0, 0.1) is 5.41 Å². The van der Waals surface area contributed by atoms with Crippen molar-refractivity contribution in [2.45, 2.75) is 64.2 Å². The molecule has 0 spiro atoms. The first-order chi connectivity index (χ1) is 10.4. The van der Waals surface area contributed by atoms with Crippen LogP contribution in [0.1, 0.15) is 69.7 Å². The molecular formula is C16H25N3O2S. The average molecular weight is 323 g/mol. The van der Waals surface area contributed by atoms with Gasteiger partial charge in [0.05, 0.1) is 17.4 Å². The Morgan fingerprint density at radius 1 is 1.14 bits per heavy atom.